The Labute approximate surface area is 135 Å². The average Bonchev–Trinajstić information content (AvgIpc) is 3.08. The Morgan fingerprint density at radius 2 is 2.19 bits per heavy atom. The second-order valence-corrected chi connectivity index (χ2v) is 7.51. The zero-order chi connectivity index (χ0) is 14.2. The lowest BCUT2D eigenvalue weighted by molar-refractivity contribution is 0.169. The van der Waals surface area contributed by atoms with E-state index in [9.17, 15) is 0 Å². The number of nitrogens with one attached hydrogen (secondary N) is 1. The largest absolute Gasteiger partial charge is 0.488 e. The first-order valence-corrected chi connectivity index (χ1v) is 9.01. The number of fused-ring (bicyclic) bond motifs is 2. The van der Waals surface area contributed by atoms with Crippen molar-refractivity contribution in [3.05, 3.63) is 28.2 Å². The zero-order valence-corrected chi connectivity index (χ0v) is 13.9. The molecule has 0 saturated carbocycles. The van der Waals surface area contributed by atoms with E-state index < -0.39 is 0 Å². The molecule has 4 heteroatoms. The van der Waals surface area contributed by atoms with Gasteiger partial charge >= 0.3 is 0 Å². The van der Waals surface area contributed by atoms with Gasteiger partial charge in [0.2, 0.25) is 0 Å². The van der Waals surface area contributed by atoms with Gasteiger partial charge in [-0.3, -0.25) is 4.90 Å². The normalized spacial score (nSPS) is 31.8. The van der Waals surface area contributed by atoms with E-state index in [0.717, 1.165) is 29.2 Å². The molecule has 0 bridgehead atoms. The lowest BCUT2D eigenvalue weighted by Crippen LogP contribution is -2.47. The van der Waals surface area contributed by atoms with Crippen LogP contribution in [-0.4, -0.2) is 42.7 Å². The molecular weight excluding hydrogens is 328 g/mol. The molecule has 0 spiro atoms. The fourth-order valence-electron chi connectivity index (χ4n) is 4.17. The van der Waals surface area contributed by atoms with E-state index in [1.807, 2.05) is 0 Å². The minimum Gasteiger partial charge on any atom is -0.488 e. The Hall–Kier alpha value is -0.580. The van der Waals surface area contributed by atoms with Crippen molar-refractivity contribution in [1.29, 1.82) is 0 Å². The minimum absolute atomic E-state index is 0.298. The van der Waals surface area contributed by atoms with E-state index in [2.05, 4.69) is 44.3 Å². The SMILES string of the molecule is Brc1ccc2c(c1)CC(CNC1CCN3CCCCC13)O2. The second kappa shape index (κ2) is 5.90. The van der Waals surface area contributed by atoms with E-state index in [0.29, 0.717) is 12.1 Å². The second-order valence-electron chi connectivity index (χ2n) is 6.60. The molecule has 1 aromatic carbocycles. The summed E-state index contributed by atoms with van der Waals surface area (Å²) in [5.41, 5.74) is 1.34. The van der Waals surface area contributed by atoms with Gasteiger partial charge < -0.3 is 10.1 Å². The summed E-state index contributed by atoms with van der Waals surface area (Å²) in [7, 11) is 0. The Kier molecular flexibility index (Phi) is 3.94. The summed E-state index contributed by atoms with van der Waals surface area (Å²) in [6.07, 6.45) is 6.79. The van der Waals surface area contributed by atoms with Crippen molar-refractivity contribution in [3.8, 4) is 5.75 Å². The van der Waals surface area contributed by atoms with Gasteiger partial charge in [-0.15, -0.1) is 0 Å². The molecule has 2 fully saturated rings. The number of ether oxygens (including phenoxy) is 1. The maximum atomic E-state index is 6.06. The van der Waals surface area contributed by atoms with Gasteiger partial charge in [0.25, 0.3) is 0 Å². The molecule has 3 aliphatic heterocycles. The predicted molar refractivity (Wildman–Crippen MR) is 87.9 cm³/mol. The van der Waals surface area contributed by atoms with Crippen LogP contribution in [-0.2, 0) is 6.42 Å². The van der Waals surface area contributed by atoms with Crippen molar-refractivity contribution in [1.82, 2.24) is 10.2 Å². The third kappa shape index (κ3) is 2.86. The first-order valence-electron chi connectivity index (χ1n) is 8.22. The number of rotatable bonds is 3. The van der Waals surface area contributed by atoms with Crippen LogP contribution in [0.4, 0.5) is 0 Å². The third-order valence-corrected chi connectivity index (χ3v) is 5.72. The molecule has 0 aliphatic carbocycles. The Morgan fingerprint density at radius 1 is 1.24 bits per heavy atom. The van der Waals surface area contributed by atoms with Crippen molar-refractivity contribution >= 4 is 15.9 Å². The van der Waals surface area contributed by atoms with Gasteiger partial charge in [-0.05, 0) is 49.6 Å². The number of benzene rings is 1. The van der Waals surface area contributed by atoms with Crippen molar-refractivity contribution in [2.45, 2.75) is 50.3 Å². The molecule has 3 heterocycles. The molecule has 21 heavy (non-hydrogen) atoms. The molecule has 3 atom stereocenters. The molecule has 3 nitrogen and oxygen atoms in total. The minimum atomic E-state index is 0.298. The molecule has 0 aromatic heterocycles. The highest BCUT2D eigenvalue weighted by atomic mass is 79.9. The lowest BCUT2D eigenvalue weighted by Gasteiger charge is -2.33. The first kappa shape index (κ1) is 14.0. The van der Waals surface area contributed by atoms with Gasteiger partial charge in [0.15, 0.2) is 0 Å². The van der Waals surface area contributed by atoms with Crippen molar-refractivity contribution < 1.29 is 4.74 Å². The van der Waals surface area contributed by atoms with Crippen LogP contribution in [0, 0.1) is 0 Å². The zero-order valence-electron chi connectivity index (χ0n) is 12.4. The lowest BCUT2D eigenvalue weighted by atomic mass is 9.99. The van der Waals surface area contributed by atoms with Crippen LogP contribution < -0.4 is 10.1 Å². The van der Waals surface area contributed by atoms with Crippen molar-refractivity contribution in [2.75, 3.05) is 19.6 Å². The van der Waals surface area contributed by atoms with E-state index >= 15 is 0 Å². The molecule has 0 radical (unpaired) electrons. The van der Waals surface area contributed by atoms with Gasteiger partial charge in [0, 0.05) is 36.1 Å². The molecule has 3 unspecified atom stereocenters. The summed E-state index contributed by atoms with van der Waals surface area (Å²) in [5.74, 6) is 1.07. The Bertz CT molecular complexity index is 522. The highest BCUT2D eigenvalue weighted by Gasteiger charge is 2.35. The fraction of sp³-hybridized carbons (Fsp3) is 0.647. The number of nitrogens with zero attached hydrogens (tertiary/aromatic N) is 1. The van der Waals surface area contributed by atoms with Crippen molar-refractivity contribution in [2.24, 2.45) is 0 Å². The molecule has 1 N–H and O–H groups in total. The van der Waals surface area contributed by atoms with Gasteiger partial charge in [-0.25, -0.2) is 0 Å². The van der Waals surface area contributed by atoms with Gasteiger partial charge in [-0.1, -0.05) is 22.4 Å². The number of hydrogen-bond acceptors (Lipinski definition) is 3. The Balaban J connectivity index is 1.32. The van der Waals surface area contributed by atoms with Gasteiger partial charge in [0.05, 0.1) is 0 Å². The molecule has 1 aromatic rings. The molecular formula is C17H23BrN2O. The van der Waals surface area contributed by atoms with Crippen LogP contribution in [0.2, 0.25) is 0 Å². The maximum absolute atomic E-state index is 6.06. The fourth-order valence-corrected chi connectivity index (χ4v) is 4.58. The quantitative estimate of drug-likeness (QED) is 0.906. The molecule has 4 rings (SSSR count). The van der Waals surface area contributed by atoms with E-state index in [1.165, 1.54) is 44.3 Å². The topological polar surface area (TPSA) is 24.5 Å². The van der Waals surface area contributed by atoms with Gasteiger partial charge in [0.1, 0.15) is 11.9 Å². The highest BCUT2D eigenvalue weighted by molar-refractivity contribution is 9.10. The van der Waals surface area contributed by atoms with Crippen LogP contribution in [0.5, 0.6) is 5.75 Å². The molecule has 0 amide bonds. The van der Waals surface area contributed by atoms with Crippen molar-refractivity contribution in [3.63, 3.8) is 0 Å². The van der Waals surface area contributed by atoms with Crippen LogP contribution in [0.1, 0.15) is 31.2 Å². The third-order valence-electron chi connectivity index (χ3n) is 5.23. The smallest absolute Gasteiger partial charge is 0.123 e. The molecule has 3 aliphatic rings. The number of hydrogen-bond donors (Lipinski definition) is 1. The van der Waals surface area contributed by atoms with Crippen LogP contribution in [0.3, 0.4) is 0 Å². The Morgan fingerprint density at radius 3 is 3.14 bits per heavy atom. The maximum Gasteiger partial charge on any atom is 0.123 e. The molecule has 2 saturated heterocycles. The summed E-state index contributed by atoms with van der Waals surface area (Å²) >= 11 is 3.54. The molecule has 114 valence electrons. The summed E-state index contributed by atoms with van der Waals surface area (Å²) in [6.45, 7) is 3.56. The van der Waals surface area contributed by atoms with Crippen LogP contribution in [0.25, 0.3) is 0 Å². The standard InChI is InChI=1S/C17H23BrN2O/c18-13-4-5-17-12(9-13)10-14(21-17)11-19-15-6-8-20-7-2-1-3-16(15)20/h4-5,9,14-16,19H,1-3,6-8,10-11H2. The summed E-state index contributed by atoms with van der Waals surface area (Å²) in [6, 6.07) is 7.78. The van der Waals surface area contributed by atoms with Crippen LogP contribution in [0.15, 0.2) is 22.7 Å². The number of piperidine rings is 1. The summed E-state index contributed by atoms with van der Waals surface area (Å²) < 4.78 is 7.21. The summed E-state index contributed by atoms with van der Waals surface area (Å²) in [5, 5.41) is 3.79. The van der Waals surface area contributed by atoms with E-state index in [-0.39, 0.29) is 0 Å². The average molecular weight is 351 g/mol. The van der Waals surface area contributed by atoms with Gasteiger partial charge in [-0.2, -0.15) is 0 Å². The van der Waals surface area contributed by atoms with E-state index in [1.54, 1.807) is 0 Å². The first-order chi connectivity index (χ1) is 10.3. The summed E-state index contributed by atoms with van der Waals surface area (Å²) in [4.78, 5) is 2.68. The van der Waals surface area contributed by atoms with Crippen LogP contribution >= 0.6 is 15.9 Å². The monoisotopic (exact) mass is 350 g/mol. The number of halogens is 1. The predicted octanol–water partition coefficient (Wildman–Crippen LogP) is 2.97. The highest BCUT2D eigenvalue weighted by Crippen LogP contribution is 2.31. The van der Waals surface area contributed by atoms with E-state index in [4.69, 9.17) is 4.74 Å².